The summed E-state index contributed by atoms with van der Waals surface area (Å²) in [6.45, 7) is 5.22. The Morgan fingerprint density at radius 3 is 2.65 bits per heavy atom. The van der Waals surface area contributed by atoms with Gasteiger partial charge in [0.05, 0.1) is 7.11 Å². The zero-order valence-corrected chi connectivity index (χ0v) is 19.7. The third kappa shape index (κ3) is 3.36. The summed E-state index contributed by atoms with van der Waals surface area (Å²) in [6.07, 6.45) is 3.07. The van der Waals surface area contributed by atoms with Crippen molar-refractivity contribution in [1.82, 2.24) is 4.90 Å². The lowest BCUT2D eigenvalue weighted by Gasteiger charge is -2.53. The van der Waals surface area contributed by atoms with Crippen LogP contribution >= 0.6 is 0 Å². The average Bonchev–Trinajstić information content (AvgIpc) is 3.19. The van der Waals surface area contributed by atoms with Gasteiger partial charge in [-0.2, -0.15) is 0 Å². The predicted molar refractivity (Wildman–Crippen MR) is 126 cm³/mol. The number of hydrogen-bond donors (Lipinski definition) is 0. The summed E-state index contributed by atoms with van der Waals surface area (Å²) in [7, 11) is 3.78. The molecule has 1 spiro atoms. The predicted octanol–water partition coefficient (Wildman–Crippen LogP) is 4.89. The van der Waals surface area contributed by atoms with Gasteiger partial charge >= 0.3 is 6.16 Å². The fourth-order valence-electron chi connectivity index (χ4n) is 5.88. The second-order valence-electron chi connectivity index (χ2n) is 9.27. The summed E-state index contributed by atoms with van der Waals surface area (Å²) in [5.74, 6) is 1.87. The van der Waals surface area contributed by atoms with Crippen LogP contribution < -0.4 is 14.2 Å². The van der Waals surface area contributed by atoms with E-state index in [9.17, 15) is 9.70 Å². The molecule has 2 heterocycles. The van der Waals surface area contributed by atoms with Crippen molar-refractivity contribution in [3.63, 3.8) is 0 Å². The standard InChI is InChI=1S/C26H28N2O6/c1-15-5-11-20(31-4)23-22(15)26-13-14-28(3)16(2)19(26)10-12-21(24(26)34-23)33-25(29)32-18-8-6-17(27-30)7-9-18/h5-12,16,19,21,24H,13-14H2,1-4H3/t16-,19+,21+,24+,26+/m1/s1. The van der Waals surface area contributed by atoms with Gasteiger partial charge in [-0.05, 0) is 81.0 Å². The van der Waals surface area contributed by atoms with Crippen molar-refractivity contribution in [3.8, 4) is 17.2 Å². The molecule has 0 saturated carbocycles. The molecule has 0 unspecified atom stereocenters. The van der Waals surface area contributed by atoms with E-state index in [0.29, 0.717) is 5.75 Å². The van der Waals surface area contributed by atoms with Gasteiger partial charge in [0.25, 0.3) is 0 Å². The highest BCUT2D eigenvalue weighted by molar-refractivity contribution is 5.66. The largest absolute Gasteiger partial charge is 0.514 e. The summed E-state index contributed by atoms with van der Waals surface area (Å²) in [5, 5.41) is 2.85. The molecule has 2 aromatic carbocycles. The van der Waals surface area contributed by atoms with Crippen molar-refractivity contribution in [2.24, 2.45) is 11.1 Å². The number of likely N-dealkylation sites (tertiary alicyclic amines) is 1. The van der Waals surface area contributed by atoms with Gasteiger partial charge in [-0.25, -0.2) is 4.79 Å². The maximum atomic E-state index is 12.7. The highest BCUT2D eigenvalue weighted by Crippen LogP contribution is 2.59. The average molecular weight is 465 g/mol. The Bertz CT molecular complexity index is 1150. The van der Waals surface area contributed by atoms with E-state index in [1.165, 1.54) is 24.3 Å². The first-order valence-electron chi connectivity index (χ1n) is 11.4. The topological polar surface area (TPSA) is 86.7 Å². The molecule has 1 saturated heterocycles. The number of hydrogen-bond acceptors (Lipinski definition) is 8. The van der Waals surface area contributed by atoms with Crippen molar-refractivity contribution in [3.05, 3.63) is 64.6 Å². The van der Waals surface area contributed by atoms with Crippen LogP contribution in [0.4, 0.5) is 10.5 Å². The Labute approximate surface area is 198 Å². The molecule has 0 N–H and O–H groups in total. The third-order valence-corrected chi connectivity index (χ3v) is 7.64. The van der Waals surface area contributed by atoms with Gasteiger partial charge in [0.2, 0.25) is 0 Å². The maximum absolute atomic E-state index is 12.7. The monoisotopic (exact) mass is 464 g/mol. The molecule has 0 amide bonds. The van der Waals surface area contributed by atoms with Gasteiger partial charge in [0.1, 0.15) is 17.5 Å². The molecule has 5 atom stereocenters. The van der Waals surface area contributed by atoms with Crippen LogP contribution in [-0.4, -0.2) is 50.0 Å². The molecular formula is C26H28N2O6. The number of piperidine rings is 1. The lowest BCUT2D eigenvalue weighted by molar-refractivity contribution is -0.0498. The minimum atomic E-state index is -0.834. The molecular weight excluding hydrogens is 436 g/mol. The number of ether oxygens (including phenoxy) is 4. The third-order valence-electron chi connectivity index (χ3n) is 7.64. The van der Waals surface area contributed by atoms with Crippen molar-refractivity contribution in [2.75, 3.05) is 20.7 Å². The molecule has 0 bridgehead atoms. The number of benzene rings is 2. The number of nitrogens with zero attached hydrogens (tertiary/aromatic N) is 2. The molecule has 0 radical (unpaired) electrons. The van der Waals surface area contributed by atoms with Crippen molar-refractivity contribution in [1.29, 1.82) is 0 Å². The lowest BCUT2D eigenvalue weighted by atomic mass is 9.57. The normalized spacial score (nSPS) is 29.3. The van der Waals surface area contributed by atoms with E-state index in [-0.39, 0.29) is 28.8 Å². The van der Waals surface area contributed by atoms with Gasteiger partial charge in [0, 0.05) is 22.9 Å². The number of aryl methyl sites for hydroxylation is 1. The summed E-state index contributed by atoms with van der Waals surface area (Å²) >= 11 is 0. The molecule has 1 aliphatic carbocycles. The fourth-order valence-corrected chi connectivity index (χ4v) is 5.88. The number of rotatable bonds is 4. The van der Waals surface area contributed by atoms with E-state index in [1.54, 1.807) is 7.11 Å². The fraction of sp³-hybridized carbons (Fsp3) is 0.423. The second kappa shape index (κ2) is 8.43. The van der Waals surface area contributed by atoms with Gasteiger partial charge in [-0.3, -0.25) is 0 Å². The number of carbonyl (C=O) groups excluding carboxylic acids is 1. The molecule has 8 heteroatoms. The number of methoxy groups -OCH3 is 1. The zero-order valence-electron chi connectivity index (χ0n) is 19.7. The van der Waals surface area contributed by atoms with Gasteiger partial charge in [-0.15, -0.1) is 4.91 Å². The molecule has 3 aliphatic rings. The summed E-state index contributed by atoms with van der Waals surface area (Å²) in [6, 6.07) is 10.2. The molecule has 1 fully saturated rings. The van der Waals surface area contributed by atoms with Gasteiger partial charge in [0.15, 0.2) is 17.6 Å². The molecule has 34 heavy (non-hydrogen) atoms. The van der Waals surface area contributed by atoms with E-state index < -0.39 is 18.4 Å². The van der Waals surface area contributed by atoms with E-state index in [2.05, 4.69) is 43.1 Å². The highest BCUT2D eigenvalue weighted by atomic mass is 16.7. The van der Waals surface area contributed by atoms with Crippen molar-refractivity contribution < 1.29 is 23.7 Å². The van der Waals surface area contributed by atoms with Crippen LogP contribution in [0.2, 0.25) is 0 Å². The van der Waals surface area contributed by atoms with E-state index >= 15 is 0 Å². The van der Waals surface area contributed by atoms with E-state index in [1.807, 2.05) is 12.1 Å². The summed E-state index contributed by atoms with van der Waals surface area (Å²) in [5.41, 5.74) is 2.18. The van der Waals surface area contributed by atoms with Crippen molar-refractivity contribution >= 4 is 11.8 Å². The van der Waals surface area contributed by atoms with Crippen LogP contribution in [0.15, 0.2) is 53.7 Å². The molecule has 5 rings (SSSR count). The summed E-state index contributed by atoms with van der Waals surface area (Å²) < 4.78 is 23.4. The van der Waals surface area contributed by atoms with Crippen molar-refractivity contribution in [2.45, 2.75) is 43.9 Å². The van der Waals surface area contributed by atoms with E-state index in [0.717, 1.165) is 29.8 Å². The first-order chi connectivity index (χ1) is 16.4. The van der Waals surface area contributed by atoms with Crippen LogP contribution in [-0.2, 0) is 10.2 Å². The Balaban J connectivity index is 1.49. The quantitative estimate of drug-likeness (QED) is 0.275. The highest BCUT2D eigenvalue weighted by Gasteiger charge is 2.62. The molecule has 178 valence electrons. The smallest absolute Gasteiger partial charge is 0.493 e. The zero-order chi connectivity index (χ0) is 24.0. The Morgan fingerprint density at radius 1 is 1.18 bits per heavy atom. The van der Waals surface area contributed by atoms with Crippen LogP contribution in [0.5, 0.6) is 17.2 Å². The first-order valence-corrected chi connectivity index (χ1v) is 11.4. The van der Waals surface area contributed by atoms with Crippen LogP contribution in [0.25, 0.3) is 0 Å². The Hall–Kier alpha value is -3.39. The molecule has 0 aromatic heterocycles. The Morgan fingerprint density at radius 2 is 1.94 bits per heavy atom. The van der Waals surface area contributed by atoms with Gasteiger partial charge < -0.3 is 23.8 Å². The van der Waals surface area contributed by atoms with E-state index in [4.69, 9.17) is 18.9 Å². The number of nitroso groups, excluding NO2 is 1. The van der Waals surface area contributed by atoms with Crippen LogP contribution in [0.1, 0.15) is 24.5 Å². The second-order valence-corrected chi connectivity index (χ2v) is 9.27. The minimum absolute atomic E-state index is 0.183. The Kier molecular flexibility index (Phi) is 5.56. The maximum Gasteiger partial charge on any atom is 0.514 e. The molecule has 2 aliphatic heterocycles. The first kappa shape index (κ1) is 22.4. The summed E-state index contributed by atoms with van der Waals surface area (Å²) in [4.78, 5) is 25.7. The minimum Gasteiger partial charge on any atom is -0.493 e. The number of carbonyl (C=O) groups is 1. The molecule has 2 aromatic rings. The lowest BCUT2D eigenvalue weighted by Crippen LogP contribution is -2.62. The van der Waals surface area contributed by atoms with Crippen LogP contribution in [0.3, 0.4) is 0 Å². The SMILES string of the molecule is COc1ccc(C)c2c1O[C@H]1[C@@H](OC(=O)Oc3ccc(N=O)cc3)C=C[C@H]3[C@@H](C)N(C)CC[C@@]231. The van der Waals surface area contributed by atoms with Crippen LogP contribution in [0, 0.1) is 17.7 Å². The van der Waals surface area contributed by atoms with Gasteiger partial charge in [-0.1, -0.05) is 12.1 Å². The number of fused-ring (bicyclic) bond motifs is 1. The molecule has 8 nitrogen and oxygen atoms in total.